The lowest BCUT2D eigenvalue weighted by atomic mass is 10.1. The van der Waals surface area contributed by atoms with Crippen molar-refractivity contribution in [1.29, 1.82) is 0 Å². The number of carbonyl (C=O) groups is 2. The van der Waals surface area contributed by atoms with E-state index < -0.39 is 0 Å². The first-order valence-electron chi connectivity index (χ1n) is 7.57. The zero-order valence-electron chi connectivity index (χ0n) is 13.2. The van der Waals surface area contributed by atoms with Gasteiger partial charge in [0.25, 0.3) is 11.8 Å². The number of rotatable bonds is 3. The Hall–Kier alpha value is -2.12. The minimum Gasteiger partial charge on any atom is -0.444 e. The molecule has 2 aromatic rings. The van der Waals surface area contributed by atoms with Crippen molar-refractivity contribution in [1.82, 2.24) is 4.90 Å². The fourth-order valence-electron chi connectivity index (χ4n) is 2.59. The zero-order valence-corrected chi connectivity index (χ0v) is 14.8. The van der Waals surface area contributed by atoms with Crippen LogP contribution in [0.1, 0.15) is 20.9 Å². The summed E-state index contributed by atoms with van der Waals surface area (Å²) in [4.78, 5) is 28.5. The van der Waals surface area contributed by atoms with Crippen LogP contribution in [0.25, 0.3) is 0 Å². The molecule has 2 amide bonds. The van der Waals surface area contributed by atoms with Crippen molar-refractivity contribution in [2.75, 3.05) is 38.3 Å². The van der Waals surface area contributed by atoms with Crippen LogP contribution < -0.4 is 4.90 Å². The number of carbonyl (C=O) groups excluding carboxylic acids is 2. The number of furan rings is 1. The average Bonchev–Trinajstić information content (AvgIpc) is 3.07. The van der Waals surface area contributed by atoms with Gasteiger partial charge in [-0.25, -0.2) is 0 Å². The van der Waals surface area contributed by atoms with Gasteiger partial charge in [0.05, 0.1) is 24.5 Å². The van der Waals surface area contributed by atoms with Crippen LogP contribution in [-0.2, 0) is 4.74 Å². The van der Waals surface area contributed by atoms with Gasteiger partial charge < -0.3 is 19.0 Å². The molecule has 126 valence electrons. The summed E-state index contributed by atoms with van der Waals surface area (Å²) >= 11 is 3.19. The molecule has 1 aromatic heterocycles. The Morgan fingerprint density at radius 1 is 1.12 bits per heavy atom. The third-order valence-electron chi connectivity index (χ3n) is 3.88. The van der Waals surface area contributed by atoms with Gasteiger partial charge in [-0.3, -0.25) is 9.59 Å². The molecule has 0 N–H and O–H groups in total. The van der Waals surface area contributed by atoms with Crippen molar-refractivity contribution >= 4 is 33.4 Å². The van der Waals surface area contributed by atoms with Crippen molar-refractivity contribution in [3.05, 3.63) is 52.4 Å². The van der Waals surface area contributed by atoms with E-state index in [1.165, 1.54) is 4.90 Å². The molecule has 0 bridgehead atoms. The van der Waals surface area contributed by atoms with E-state index in [0.717, 1.165) is 0 Å². The Labute approximate surface area is 148 Å². The quantitative estimate of drug-likeness (QED) is 0.805. The minimum absolute atomic E-state index is 0.103. The topological polar surface area (TPSA) is 63.0 Å². The molecule has 6 nitrogen and oxygen atoms in total. The van der Waals surface area contributed by atoms with Gasteiger partial charge in [-0.2, -0.15) is 0 Å². The van der Waals surface area contributed by atoms with E-state index in [-0.39, 0.29) is 17.6 Å². The average molecular weight is 393 g/mol. The largest absolute Gasteiger partial charge is 0.444 e. The molecule has 1 aliphatic rings. The van der Waals surface area contributed by atoms with Crippen molar-refractivity contribution in [3.63, 3.8) is 0 Å². The fourth-order valence-corrected chi connectivity index (χ4v) is 2.89. The number of nitrogens with zero attached hydrogens (tertiary/aromatic N) is 2. The summed E-state index contributed by atoms with van der Waals surface area (Å²) in [7, 11) is 1.63. The Morgan fingerprint density at radius 3 is 2.50 bits per heavy atom. The maximum absolute atomic E-state index is 12.8. The van der Waals surface area contributed by atoms with E-state index >= 15 is 0 Å². The lowest BCUT2D eigenvalue weighted by molar-refractivity contribution is 0.0303. The van der Waals surface area contributed by atoms with Crippen molar-refractivity contribution in [2.45, 2.75) is 0 Å². The number of hydrogen-bond donors (Lipinski definition) is 0. The summed E-state index contributed by atoms with van der Waals surface area (Å²) in [6.07, 6.45) is 0. The summed E-state index contributed by atoms with van der Waals surface area (Å²) in [6.45, 7) is 2.16. The molecule has 0 spiro atoms. The van der Waals surface area contributed by atoms with Crippen molar-refractivity contribution in [2.24, 2.45) is 0 Å². The summed E-state index contributed by atoms with van der Waals surface area (Å²) in [5.41, 5.74) is 1.03. The molecule has 0 unspecified atom stereocenters. The highest BCUT2D eigenvalue weighted by Crippen LogP contribution is 2.24. The van der Waals surface area contributed by atoms with Gasteiger partial charge >= 0.3 is 0 Å². The molecule has 0 radical (unpaired) electrons. The van der Waals surface area contributed by atoms with Gasteiger partial charge in [-0.1, -0.05) is 12.1 Å². The maximum Gasteiger partial charge on any atom is 0.293 e. The van der Waals surface area contributed by atoms with E-state index in [1.807, 2.05) is 0 Å². The highest BCUT2D eigenvalue weighted by Gasteiger charge is 2.25. The van der Waals surface area contributed by atoms with Gasteiger partial charge in [-0.15, -0.1) is 0 Å². The van der Waals surface area contributed by atoms with Gasteiger partial charge in [0.15, 0.2) is 10.4 Å². The lowest BCUT2D eigenvalue weighted by Crippen LogP contribution is -2.41. The molecule has 2 heterocycles. The third kappa shape index (κ3) is 3.37. The normalized spacial score (nSPS) is 14.5. The number of benzene rings is 1. The Kier molecular flexibility index (Phi) is 5.01. The van der Waals surface area contributed by atoms with Crippen LogP contribution in [0.2, 0.25) is 0 Å². The predicted molar refractivity (Wildman–Crippen MR) is 92.3 cm³/mol. The third-order valence-corrected chi connectivity index (χ3v) is 4.31. The standard InChI is InChI=1S/C17H17BrN2O4/c1-19(17(22)14-6-7-15(18)24-14)13-5-3-2-4-12(13)16(21)20-8-10-23-11-9-20/h2-7H,8-11H2,1H3. The second kappa shape index (κ2) is 7.19. The number of hydrogen-bond acceptors (Lipinski definition) is 4. The SMILES string of the molecule is CN(C(=O)c1ccc(Br)o1)c1ccccc1C(=O)N1CCOCC1. The number of anilines is 1. The van der Waals surface area contributed by atoms with Crippen LogP contribution >= 0.6 is 15.9 Å². The van der Waals surface area contributed by atoms with Gasteiger partial charge in [0.2, 0.25) is 0 Å². The molecule has 0 atom stereocenters. The first-order chi connectivity index (χ1) is 11.6. The monoisotopic (exact) mass is 392 g/mol. The van der Waals surface area contributed by atoms with E-state index in [4.69, 9.17) is 9.15 Å². The number of halogens is 1. The fraction of sp³-hybridized carbons (Fsp3) is 0.294. The van der Waals surface area contributed by atoms with Gasteiger partial charge in [0, 0.05) is 20.1 Å². The van der Waals surface area contributed by atoms with E-state index in [1.54, 1.807) is 48.3 Å². The smallest absolute Gasteiger partial charge is 0.293 e. The molecule has 1 aliphatic heterocycles. The van der Waals surface area contributed by atoms with Crippen LogP contribution in [0.3, 0.4) is 0 Å². The Morgan fingerprint density at radius 2 is 1.83 bits per heavy atom. The molecular formula is C17H17BrN2O4. The van der Waals surface area contributed by atoms with E-state index in [0.29, 0.717) is 42.2 Å². The second-order valence-corrected chi connectivity index (χ2v) is 6.17. The molecule has 1 aromatic carbocycles. The van der Waals surface area contributed by atoms with Crippen LogP contribution in [0, 0.1) is 0 Å². The van der Waals surface area contributed by atoms with Crippen LogP contribution in [0.5, 0.6) is 0 Å². The molecule has 24 heavy (non-hydrogen) atoms. The zero-order chi connectivity index (χ0) is 17.1. The van der Waals surface area contributed by atoms with Crippen LogP contribution in [0.15, 0.2) is 45.5 Å². The summed E-state index contributed by atoms with van der Waals surface area (Å²) in [6, 6.07) is 10.3. The Bertz CT molecular complexity index is 753. The van der Waals surface area contributed by atoms with E-state index in [9.17, 15) is 9.59 Å². The lowest BCUT2D eigenvalue weighted by Gasteiger charge is -2.28. The molecule has 1 fully saturated rings. The molecular weight excluding hydrogens is 376 g/mol. The summed E-state index contributed by atoms with van der Waals surface area (Å²) < 4.78 is 11.1. The number of morpholine rings is 1. The number of para-hydroxylation sites is 1. The number of ether oxygens (including phenoxy) is 1. The highest BCUT2D eigenvalue weighted by atomic mass is 79.9. The molecule has 0 saturated carbocycles. The Balaban J connectivity index is 1.88. The van der Waals surface area contributed by atoms with E-state index in [2.05, 4.69) is 15.9 Å². The van der Waals surface area contributed by atoms with Crippen LogP contribution in [0.4, 0.5) is 5.69 Å². The predicted octanol–water partition coefficient (Wildman–Crippen LogP) is 2.79. The van der Waals surface area contributed by atoms with Crippen LogP contribution in [-0.4, -0.2) is 50.1 Å². The van der Waals surface area contributed by atoms with Gasteiger partial charge in [0.1, 0.15) is 0 Å². The summed E-state index contributed by atoms with van der Waals surface area (Å²) in [5, 5.41) is 0. The molecule has 3 rings (SSSR count). The molecule has 1 saturated heterocycles. The first kappa shape index (κ1) is 16.7. The highest BCUT2D eigenvalue weighted by molar-refractivity contribution is 9.10. The second-order valence-electron chi connectivity index (χ2n) is 5.39. The minimum atomic E-state index is -0.317. The number of amides is 2. The molecule has 0 aliphatic carbocycles. The van der Waals surface area contributed by atoms with Crippen molar-refractivity contribution in [3.8, 4) is 0 Å². The molecule has 7 heteroatoms. The van der Waals surface area contributed by atoms with Crippen molar-refractivity contribution < 1.29 is 18.7 Å². The first-order valence-corrected chi connectivity index (χ1v) is 8.36. The summed E-state index contributed by atoms with van der Waals surface area (Å²) in [5.74, 6) is -0.213. The van der Waals surface area contributed by atoms with Gasteiger partial charge in [-0.05, 0) is 40.2 Å². The maximum atomic E-state index is 12.8.